The van der Waals surface area contributed by atoms with E-state index in [9.17, 15) is 0 Å². The van der Waals surface area contributed by atoms with E-state index in [0.29, 0.717) is 5.56 Å². The van der Waals surface area contributed by atoms with Crippen LogP contribution in [0.4, 0.5) is 0 Å². The van der Waals surface area contributed by atoms with Crippen molar-refractivity contribution in [3.63, 3.8) is 0 Å². The fourth-order valence-corrected chi connectivity index (χ4v) is 1.72. The molecule has 0 spiro atoms. The van der Waals surface area contributed by atoms with E-state index in [0.717, 1.165) is 9.39 Å². The zero-order valence-electron chi connectivity index (χ0n) is 7.18. The molecule has 0 fully saturated rings. The maximum Gasteiger partial charge on any atom is 0.105 e. The Kier molecular flexibility index (Phi) is 2.50. The van der Waals surface area contributed by atoms with Gasteiger partial charge in [0.25, 0.3) is 0 Å². The van der Waals surface area contributed by atoms with Crippen LogP contribution in [0.3, 0.4) is 0 Å². The van der Waals surface area contributed by atoms with Gasteiger partial charge in [0.2, 0.25) is 0 Å². The number of benzene rings is 1. The Bertz CT molecular complexity index is 479. The van der Waals surface area contributed by atoms with Crippen LogP contribution in [0.2, 0.25) is 0 Å². The second-order valence-corrected chi connectivity index (χ2v) is 3.83. The van der Waals surface area contributed by atoms with E-state index in [2.05, 4.69) is 33.8 Å². The largest absolute Gasteiger partial charge is 0.228 e. The molecule has 2 aromatic rings. The minimum atomic E-state index is 0.663. The molecule has 14 heavy (non-hydrogen) atoms. The number of nitriles is 1. The van der Waals surface area contributed by atoms with Crippen molar-refractivity contribution in [2.24, 2.45) is 0 Å². The lowest BCUT2D eigenvalue weighted by atomic mass is 10.2. The molecule has 0 aliphatic carbocycles. The highest BCUT2D eigenvalue weighted by Gasteiger charge is 2.00. The van der Waals surface area contributed by atoms with Crippen LogP contribution in [-0.2, 0) is 0 Å². The molecule has 4 heteroatoms. The van der Waals surface area contributed by atoms with E-state index in [1.54, 1.807) is 18.3 Å². The summed E-state index contributed by atoms with van der Waals surface area (Å²) in [6.45, 7) is 0. The van der Waals surface area contributed by atoms with Crippen LogP contribution < -0.4 is 0 Å². The van der Waals surface area contributed by atoms with Gasteiger partial charge in [-0.3, -0.25) is 0 Å². The molecule has 0 radical (unpaired) electrons. The molecule has 0 atom stereocenters. The highest BCUT2D eigenvalue weighted by molar-refractivity contribution is 14.1. The second kappa shape index (κ2) is 3.80. The first-order chi connectivity index (χ1) is 6.81. The number of hydrogen-bond donors (Lipinski definition) is 0. The minimum Gasteiger partial charge on any atom is -0.228 e. The van der Waals surface area contributed by atoms with E-state index < -0.39 is 0 Å². The Labute approximate surface area is 95.1 Å². The molecule has 68 valence electrons. The molecule has 1 heterocycles. The lowest BCUT2D eigenvalue weighted by Gasteiger charge is -2.02. The van der Waals surface area contributed by atoms with Crippen LogP contribution in [0, 0.1) is 15.0 Å². The van der Waals surface area contributed by atoms with Crippen LogP contribution >= 0.6 is 22.6 Å². The summed E-state index contributed by atoms with van der Waals surface area (Å²) in [7, 11) is 0. The van der Waals surface area contributed by atoms with Crippen LogP contribution in [0.25, 0.3) is 5.69 Å². The Morgan fingerprint density at radius 1 is 1.21 bits per heavy atom. The molecular formula is C10H6IN3. The molecule has 0 N–H and O–H groups in total. The SMILES string of the molecule is N#Cc1ccc(-n2nccc2I)cc1. The average molecular weight is 295 g/mol. The van der Waals surface area contributed by atoms with Crippen molar-refractivity contribution >= 4 is 22.6 Å². The summed E-state index contributed by atoms with van der Waals surface area (Å²) in [4.78, 5) is 0. The van der Waals surface area contributed by atoms with Crippen molar-refractivity contribution in [3.8, 4) is 11.8 Å². The van der Waals surface area contributed by atoms with Gasteiger partial charge in [0.15, 0.2) is 0 Å². The van der Waals surface area contributed by atoms with Gasteiger partial charge in [-0.05, 0) is 52.9 Å². The standard InChI is InChI=1S/C10H6IN3/c11-10-5-6-13-14(10)9-3-1-8(7-12)2-4-9/h1-6H. The highest BCUT2D eigenvalue weighted by Crippen LogP contribution is 2.12. The van der Waals surface area contributed by atoms with E-state index in [4.69, 9.17) is 5.26 Å². The Balaban J connectivity index is 2.45. The van der Waals surface area contributed by atoms with Gasteiger partial charge in [0.1, 0.15) is 3.70 Å². The predicted octanol–water partition coefficient (Wildman–Crippen LogP) is 2.35. The van der Waals surface area contributed by atoms with Crippen molar-refractivity contribution in [2.45, 2.75) is 0 Å². The van der Waals surface area contributed by atoms with Gasteiger partial charge in [0.05, 0.1) is 23.5 Å². The molecule has 2 rings (SSSR count). The average Bonchev–Trinajstić information content (AvgIpc) is 2.65. The third kappa shape index (κ3) is 1.63. The third-order valence-electron chi connectivity index (χ3n) is 1.84. The summed E-state index contributed by atoms with van der Waals surface area (Å²) in [5.74, 6) is 0. The molecule has 0 aliphatic heterocycles. The number of nitrogens with zero attached hydrogens (tertiary/aromatic N) is 3. The summed E-state index contributed by atoms with van der Waals surface area (Å²) in [6, 6.07) is 11.3. The number of hydrogen-bond acceptors (Lipinski definition) is 2. The summed E-state index contributed by atoms with van der Waals surface area (Å²) in [6.07, 6.45) is 1.75. The second-order valence-electron chi connectivity index (χ2n) is 2.72. The number of rotatable bonds is 1. The van der Waals surface area contributed by atoms with Gasteiger partial charge in [0, 0.05) is 0 Å². The maximum absolute atomic E-state index is 8.64. The Morgan fingerprint density at radius 3 is 2.43 bits per heavy atom. The topological polar surface area (TPSA) is 41.6 Å². The molecule has 1 aromatic carbocycles. The first-order valence-corrected chi connectivity index (χ1v) is 5.09. The Hall–Kier alpha value is -1.35. The Morgan fingerprint density at radius 2 is 1.93 bits per heavy atom. The van der Waals surface area contributed by atoms with Crippen molar-refractivity contribution < 1.29 is 0 Å². The lowest BCUT2D eigenvalue weighted by molar-refractivity contribution is 0.858. The number of aromatic nitrogens is 2. The van der Waals surface area contributed by atoms with E-state index in [1.165, 1.54) is 0 Å². The fourth-order valence-electron chi connectivity index (χ4n) is 1.15. The van der Waals surface area contributed by atoms with E-state index >= 15 is 0 Å². The summed E-state index contributed by atoms with van der Waals surface area (Å²) in [5.41, 5.74) is 1.63. The van der Waals surface area contributed by atoms with Crippen molar-refractivity contribution in [3.05, 3.63) is 45.8 Å². The maximum atomic E-state index is 8.64. The van der Waals surface area contributed by atoms with Crippen LogP contribution in [0.15, 0.2) is 36.5 Å². The van der Waals surface area contributed by atoms with Crippen molar-refractivity contribution in [2.75, 3.05) is 0 Å². The zero-order chi connectivity index (χ0) is 9.97. The molecule has 0 bridgehead atoms. The molecule has 0 unspecified atom stereocenters. The van der Waals surface area contributed by atoms with Gasteiger partial charge in [-0.15, -0.1) is 0 Å². The lowest BCUT2D eigenvalue weighted by Crippen LogP contribution is -1.97. The van der Waals surface area contributed by atoms with E-state index in [1.807, 2.05) is 22.9 Å². The molecule has 3 nitrogen and oxygen atoms in total. The molecule has 1 aromatic heterocycles. The van der Waals surface area contributed by atoms with Gasteiger partial charge >= 0.3 is 0 Å². The monoisotopic (exact) mass is 295 g/mol. The molecule has 0 saturated carbocycles. The van der Waals surface area contributed by atoms with Gasteiger partial charge < -0.3 is 0 Å². The quantitative estimate of drug-likeness (QED) is 0.758. The summed E-state index contributed by atoms with van der Waals surface area (Å²) < 4.78 is 2.87. The smallest absolute Gasteiger partial charge is 0.105 e. The van der Waals surface area contributed by atoms with Crippen LogP contribution in [0.1, 0.15) is 5.56 Å². The number of halogens is 1. The van der Waals surface area contributed by atoms with Crippen molar-refractivity contribution in [1.82, 2.24) is 9.78 Å². The minimum absolute atomic E-state index is 0.663. The predicted molar refractivity (Wildman–Crippen MR) is 61.0 cm³/mol. The summed E-state index contributed by atoms with van der Waals surface area (Å²) in [5, 5.41) is 12.8. The van der Waals surface area contributed by atoms with E-state index in [-0.39, 0.29) is 0 Å². The summed E-state index contributed by atoms with van der Waals surface area (Å²) >= 11 is 2.21. The van der Waals surface area contributed by atoms with Gasteiger partial charge in [-0.25, -0.2) is 4.68 Å². The van der Waals surface area contributed by atoms with Crippen LogP contribution in [0.5, 0.6) is 0 Å². The molecule has 0 aliphatic rings. The molecule has 0 amide bonds. The van der Waals surface area contributed by atoms with Crippen LogP contribution in [-0.4, -0.2) is 9.78 Å². The molecule has 0 saturated heterocycles. The highest BCUT2D eigenvalue weighted by atomic mass is 127. The first-order valence-electron chi connectivity index (χ1n) is 4.01. The normalized spacial score (nSPS) is 9.71. The van der Waals surface area contributed by atoms with Gasteiger partial charge in [-0.2, -0.15) is 10.4 Å². The third-order valence-corrected chi connectivity index (χ3v) is 2.65. The first kappa shape index (κ1) is 9.21. The fraction of sp³-hybridized carbons (Fsp3) is 0. The van der Waals surface area contributed by atoms with Gasteiger partial charge in [-0.1, -0.05) is 0 Å². The van der Waals surface area contributed by atoms with Crippen molar-refractivity contribution in [1.29, 1.82) is 5.26 Å². The molecular weight excluding hydrogens is 289 g/mol. The zero-order valence-corrected chi connectivity index (χ0v) is 9.34.